The van der Waals surface area contributed by atoms with Gasteiger partial charge < -0.3 is 5.73 Å². The van der Waals surface area contributed by atoms with Crippen LogP contribution in [-0.4, -0.2) is 13.4 Å². The van der Waals surface area contributed by atoms with Crippen molar-refractivity contribution in [1.82, 2.24) is 9.71 Å². The van der Waals surface area contributed by atoms with E-state index < -0.39 is 10.0 Å². The molecule has 0 amide bonds. The number of rotatable bonds is 4. The average Bonchev–Trinajstić information content (AvgIpc) is 2.78. The Morgan fingerprint density at radius 1 is 1.30 bits per heavy atom. The van der Waals surface area contributed by atoms with Gasteiger partial charge in [0.2, 0.25) is 10.0 Å². The Morgan fingerprint density at radius 2 is 2.00 bits per heavy atom. The van der Waals surface area contributed by atoms with Gasteiger partial charge in [0.1, 0.15) is 0 Å². The highest BCUT2D eigenvalue weighted by atomic mass is 32.2. The third-order valence-corrected chi connectivity index (χ3v) is 5.62. The maximum absolute atomic E-state index is 12.4. The number of nitrogen functional groups attached to an aromatic ring is 1. The van der Waals surface area contributed by atoms with Crippen molar-refractivity contribution in [3.8, 4) is 0 Å². The van der Waals surface area contributed by atoms with Gasteiger partial charge in [0.05, 0.1) is 9.90 Å². The first kappa shape index (κ1) is 15.0. The lowest BCUT2D eigenvalue weighted by Gasteiger charge is -2.13. The average molecular weight is 311 g/mol. The number of thiazole rings is 1. The van der Waals surface area contributed by atoms with Gasteiger partial charge in [-0.1, -0.05) is 6.07 Å². The molecule has 1 aromatic carbocycles. The number of aromatic nitrogens is 1. The van der Waals surface area contributed by atoms with E-state index in [-0.39, 0.29) is 11.4 Å². The van der Waals surface area contributed by atoms with Crippen LogP contribution in [-0.2, 0) is 16.6 Å². The molecule has 3 N–H and O–H groups in total. The van der Waals surface area contributed by atoms with Gasteiger partial charge in [-0.3, -0.25) is 0 Å². The largest absolute Gasteiger partial charge is 0.398 e. The molecule has 0 fully saturated rings. The number of nitrogens with two attached hydrogens (primary N) is 1. The lowest BCUT2D eigenvalue weighted by Crippen LogP contribution is -2.24. The number of hydrogen-bond acceptors (Lipinski definition) is 5. The zero-order valence-electron chi connectivity index (χ0n) is 11.6. The third kappa shape index (κ3) is 3.00. The Balaban J connectivity index is 2.29. The molecule has 5 nitrogen and oxygen atoms in total. The first-order valence-electron chi connectivity index (χ1n) is 6.08. The Hall–Kier alpha value is -1.44. The highest BCUT2D eigenvalue weighted by Gasteiger charge is 2.20. The van der Waals surface area contributed by atoms with Crippen LogP contribution in [0.5, 0.6) is 0 Å². The normalized spacial score (nSPS) is 11.8. The van der Waals surface area contributed by atoms with Crippen molar-refractivity contribution >= 4 is 27.0 Å². The summed E-state index contributed by atoms with van der Waals surface area (Å²) >= 11 is 1.47. The highest BCUT2D eigenvalue weighted by molar-refractivity contribution is 7.89. The fourth-order valence-corrected chi connectivity index (χ4v) is 4.31. The van der Waals surface area contributed by atoms with Crippen molar-refractivity contribution in [3.05, 3.63) is 39.3 Å². The number of aryl methyl sites for hydroxylation is 2. The summed E-state index contributed by atoms with van der Waals surface area (Å²) in [5.74, 6) is 0. The molecule has 2 rings (SSSR count). The molecule has 108 valence electrons. The standard InChI is InChI=1S/C13H17N3O2S2/c1-8-4-5-12(14)9(2)13(8)20(17,18)16-7-11-6-15-10(3)19-11/h4-6,16H,7,14H2,1-3H3. The summed E-state index contributed by atoms with van der Waals surface area (Å²) in [5.41, 5.74) is 7.54. The zero-order valence-corrected chi connectivity index (χ0v) is 13.2. The van der Waals surface area contributed by atoms with Crippen molar-refractivity contribution in [2.75, 3.05) is 5.73 Å². The molecule has 0 bridgehead atoms. The van der Waals surface area contributed by atoms with Gasteiger partial charge in [-0.25, -0.2) is 18.1 Å². The van der Waals surface area contributed by atoms with Crippen LogP contribution in [0.25, 0.3) is 0 Å². The summed E-state index contributed by atoms with van der Waals surface area (Å²) in [6.07, 6.45) is 1.68. The highest BCUT2D eigenvalue weighted by Crippen LogP contribution is 2.25. The maximum atomic E-state index is 12.4. The first-order valence-corrected chi connectivity index (χ1v) is 8.38. The summed E-state index contributed by atoms with van der Waals surface area (Å²) in [5, 5.41) is 0.913. The molecular weight excluding hydrogens is 294 g/mol. The molecule has 0 saturated carbocycles. The first-order chi connectivity index (χ1) is 9.31. The van der Waals surface area contributed by atoms with Crippen LogP contribution < -0.4 is 10.5 Å². The monoisotopic (exact) mass is 311 g/mol. The van der Waals surface area contributed by atoms with E-state index in [0.29, 0.717) is 16.8 Å². The van der Waals surface area contributed by atoms with Crippen LogP contribution >= 0.6 is 11.3 Å². The maximum Gasteiger partial charge on any atom is 0.241 e. The SMILES string of the molecule is Cc1ncc(CNS(=O)(=O)c2c(C)ccc(N)c2C)s1. The summed E-state index contributed by atoms with van der Waals surface area (Å²) in [6, 6.07) is 3.43. The van der Waals surface area contributed by atoms with E-state index in [0.717, 1.165) is 9.88 Å². The van der Waals surface area contributed by atoms with Crippen molar-refractivity contribution in [1.29, 1.82) is 0 Å². The van der Waals surface area contributed by atoms with Crippen molar-refractivity contribution in [2.24, 2.45) is 0 Å². The molecule has 1 aromatic heterocycles. The minimum absolute atomic E-state index is 0.238. The van der Waals surface area contributed by atoms with E-state index >= 15 is 0 Å². The lowest BCUT2D eigenvalue weighted by atomic mass is 10.1. The molecule has 0 atom stereocenters. The van der Waals surface area contributed by atoms with Crippen molar-refractivity contribution < 1.29 is 8.42 Å². The van der Waals surface area contributed by atoms with Gasteiger partial charge in [-0.2, -0.15) is 0 Å². The van der Waals surface area contributed by atoms with Crippen LogP contribution in [0.4, 0.5) is 5.69 Å². The summed E-state index contributed by atoms with van der Waals surface area (Å²) in [4.78, 5) is 5.25. The Kier molecular flexibility index (Phi) is 4.12. The Morgan fingerprint density at radius 3 is 2.60 bits per heavy atom. The third-order valence-electron chi connectivity index (χ3n) is 3.02. The van der Waals surface area contributed by atoms with Crippen molar-refractivity contribution in [3.63, 3.8) is 0 Å². The molecule has 2 aromatic rings. The molecule has 0 aliphatic heterocycles. The van der Waals surface area contributed by atoms with Crippen molar-refractivity contribution in [2.45, 2.75) is 32.2 Å². The lowest BCUT2D eigenvalue weighted by molar-refractivity contribution is 0.580. The van der Waals surface area contributed by atoms with E-state index in [1.54, 1.807) is 32.2 Å². The minimum atomic E-state index is -3.58. The second kappa shape index (κ2) is 5.51. The van der Waals surface area contributed by atoms with E-state index in [4.69, 9.17) is 5.73 Å². The van der Waals surface area contributed by atoms with Gasteiger partial charge in [-0.15, -0.1) is 11.3 Å². The summed E-state index contributed by atoms with van der Waals surface area (Å²) in [6.45, 7) is 5.60. The van der Waals surface area contributed by atoms with E-state index in [1.807, 2.05) is 6.92 Å². The van der Waals surface area contributed by atoms with Gasteiger partial charge in [-0.05, 0) is 38.0 Å². The van der Waals surface area contributed by atoms with E-state index in [2.05, 4.69) is 9.71 Å². The second-order valence-corrected chi connectivity index (χ2v) is 7.62. The molecule has 1 heterocycles. The smallest absolute Gasteiger partial charge is 0.241 e. The van der Waals surface area contributed by atoms with Gasteiger partial charge >= 0.3 is 0 Å². The van der Waals surface area contributed by atoms with E-state index in [1.165, 1.54) is 11.3 Å². The fraction of sp³-hybridized carbons (Fsp3) is 0.308. The molecule has 20 heavy (non-hydrogen) atoms. The molecule has 0 unspecified atom stereocenters. The molecular formula is C13H17N3O2S2. The number of nitrogens with one attached hydrogen (secondary N) is 1. The van der Waals surface area contributed by atoms with Gasteiger partial charge in [0.15, 0.2) is 0 Å². The summed E-state index contributed by atoms with van der Waals surface area (Å²) in [7, 11) is -3.58. The number of anilines is 1. The topological polar surface area (TPSA) is 85.1 Å². The van der Waals surface area contributed by atoms with Gasteiger partial charge in [0.25, 0.3) is 0 Å². The van der Waals surface area contributed by atoms with Crippen LogP contribution in [0, 0.1) is 20.8 Å². The predicted molar refractivity (Wildman–Crippen MR) is 81.2 cm³/mol. The van der Waals surface area contributed by atoms with Crippen LogP contribution in [0.3, 0.4) is 0 Å². The quantitative estimate of drug-likeness (QED) is 0.847. The molecule has 0 spiro atoms. The number of sulfonamides is 1. The van der Waals surface area contributed by atoms with E-state index in [9.17, 15) is 8.42 Å². The number of nitrogens with zero attached hydrogens (tertiary/aromatic N) is 1. The predicted octanol–water partition coefficient (Wildman–Crippen LogP) is 2.13. The Bertz CT molecular complexity index is 736. The summed E-state index contributed by atoms with van der Waals surface area (Å²) < 4.78 is 27.4. The van der Waals surface area contributed by atoms with Crippen LogP contribution in [0.15, 0.2) is 23.2 Å². The molecule has 0 aliphatic carbocycles. The fourth-order valence-electron chi connectivity index (χ4n) is 1.98. The van der Waals surface area contributed by atoms with Gasteiger partial charge in [0, 0.05) is 23.3 Å². The minimum Gasteiger partial charge on any atom is -0.398 e. The molecule has 0 radical (unpaired) electrons. The Labute approximate surface area is 122 Å². The molecule has 7 heteroatoms. The second-order valence-electron chi connectivity index (χ2n) is 4.60. The zero-order chi connectivity index (χ0) is 14.9. The van der Waals surface area contributed by atoms with Crippen LogP contribution in [0.1, 0.15) is 21.0 Å². The number of benzene rings is 1. The van der Waals surface area contributed by atoms with Crippen LogP contribution in [0.2, 0.25) is 0 Å². The molecule has 0 saturated heterocycles. The number of hydrogen-bond donors (Lipinski definition) is 2. The molecule has 0 aliphatic rings.